The molecule has 0 aromatic heterocycles. The van der Waals surface area contributed by atoms with Gasteiger partial charge in [0.1, 0.15) is 0 Å². The van der Waals surface area contributed by atoms with Crippen molar-refractivity contribution in [2.45, 2.75) is 76.0 Å². The third-order valence-electron chi connectivity index (χ3n) is 6.80. The van der Waals surface area contributed by atoms with Crippen LogP contribution >= 0.6 is 0 Å². The highest BCUT2D eigenvalue weighted by atomic mass is 19.4. The van der Waals surface area contributed by atoms with E-state index in [9.17, 15) is 13.2 Å². The van der Waals surface area contributed by atoms with Crippen LogP contribution in [0.5, 0.6) is 0 Å². The maximum atomic E-state index is 13.7. The first-order valence-corrected chi connectivity index (χ1v) is 8.61. The minimum absolute atomic E-state index is 0.0193. The Balaban J connectivity index is 1.84. The number of nitrogens with two attached hydrogens (primary N) is 1. The molecule has 5 rings (SSSR count). The van der Waals surface area contributed by atoms with Gasteiger partial charge in [0.2, 0.25) is 11.5 Å². The summed E-state index contributed by atoms with van der Waals surface area (Å²) < 4.78 is 52.4. The van der Waals surface area contributed by atoms with Crippen LogP contribution in [0.4, 0.5) is 13.2 Å². The van der Waals surface area contributed by atoms with Gasteiger partial charge in [-0.3, -0.25) is 5.73 Å². The summed E-state index contributed by atoms with van der Waals surface area (Å²) in [6, 6.07) is 0. The lowest BCUT2D eigenvalue weighted by Gasteiger charge is -2.62. The zero-order chi connectivity index (χ0) is 17.5. The Bertz CT molecular complexity index is 546. The SMILES string of the molecule is C[C@@H]1CC[C@H]2[C@@H](C)[C@](N)(C(F)(F)F)O[C@@H]3O[C@]4(C)CC[C@@H]1[C@]32OO4. The van der Waals surface area contributed by atoms with E-state index >= 15 is 0 Å². The van der Waals surface area contributed by atoms with Gasteiger partial charge in [0.15, 0.2) is 11.9 Å². The van der Waals surface area contributed by atoms with Gasteiger partial charge in [-0.25, -0.2) is 9.78 Å². The molecule has 138 valence electrons. The molecule has 1 aliphatic carbocycles. The Morgan fingerprint density at radius 2 is 1.71 bits per heavy atom. The smallest absolute Gasteiger partial charge is 0.319 e. The van der Waals surface area contributed by atoms with Crippen LogP contribution in [0.1, 0.15) is 46.5 Å². The van der Waals surface area contributed by atoms with Gasteiger partial charge >= 0.3 is 6.18 Å². The highest BCUT2D eigenvalue weighted by Crippen LogP contribution is 2.63. The molecule has 1 saturated carbocycles. The van der Waals surface area contributed by atoms with Crippen LogP contribution in [0, 0.1) is 23.7 Å². The van der Waals surface area contributed by atoms with E-state index in [1.165, 1.54) is 6.92 Å². The quantitative estimate of drug-likeness (QED) is 0.680. The second kappa shape index (κ2) is 4.85. The summed E-state index contributed by atoms with van der Waals surface area (Å²) in [6.45, 7) is 5.28. The second-order valence-corrected chi connectivity index (χ2v) is 8.11. The van der Waals surface area contributed by atoms with Crippen molar-refractivity contribution in [1.82, 2.24) is 0 Å². The lowest BCUT2D eigenvalue weighted by Crippen LogP contribution is -2.77. The third kappa shape index (κ3) is 1.95. The average molecular weight is 351 g/mol. The zero-order valence-corrected chi connectivity index (χ0v) is 14.1. The summed E-state index contributed by atoms with van der Waals surface area (Å²) in [6.07, 6.45) is -3.14. The van der Waals surface area contributed by atoms with Crippen LogP contribution in [-0.2, 0) is 19.2 Å². The molecule has 4 aliphatic heterocycles. The van der Waals surface area contributed by atoms with Gasteiger partial charge < -0.3 is 9.47 Å². The fourth-order valence-electron chi connectivity index (χ4n) is 5.29. The lowest BCUT2D eigenvalue weighted by atomic mass is 9.56. The standard InChI is InChI=1S/C16H24F3NO4/c1-8-4-5-11-9(2)15(20,16(17,18)19)22-12-14(11)10(8)6-7-13(3,21-12)23-24-14/h8-12H,4-7,20H2,1-3H3/t8-,9-,10+,11+,12+,13+,14-,15-/m1/s1. The van der Waals surface area contributed by atoms with Crippen LogP contribution in [0.2, 0.25) is 0 Å². The number of halogens is 3. The van der Waals surface area contributed by atoms with E-state index in [0.717, 1.165) is 12.8 Å². The molecular weight excluding hydrogens is 327 g/mol. The first kappa shape index (κ1) is 17.0. The Morgan fingerprint density at radius 3 is 2.38 bits per heavy atom. The highest BCUT2D eigenvalue weighted by Gasteiger charge is 2.75. The number of alkyl halides is 3. The summed E-state index contributed by atoms with van der Waals surface area (Å²) in [4.78, 5) is 11.3. The average Bonchev–Trinajstić information content (AvgIpc) is 2.70. The number of hydrogen-bond acceptors (Lipinski definition) is 5. The molecule has 0 amide bonds. The van der Waals surface area contributed by atoms with Crippen molar-refractivity contribution < 1.29 is 32.4 Å². The molecule has 2 N–H and O–H groups in total. The molecule has 2 bridgehead atoms. The van der Waals surface area contributed by atoms with E-state index in [0.29, 0.717) is 18.8 Å². The molecule has 0 radical (unpaired) electrons. The highest BCUT2D eigenvalue weighted by molar-refractivity contribution is 5.13. The third-order valence-corrected chi connectivity index (χ3v) is 6.80. The van der Waals surface area contributed by atoms with E-state index in [1.54, 1.807) is 6.92 Å². The van der Waals surface area contributed by atoms with Crippen LogP contribution in [0.15, 0.2) is 0 Å². The first-order valence-electron chi connectivity index (χ1n) is 8.61. The molecule has 8 heteroatoms. The van der Waals surface area contributed by atoms with Gasteiger partial charge in [-0.2, -0.15) is 13.2 Å². The van der Waals surface area contributed by atoms with Crippen LogP contribution in [0.25, 0.3) is 0 Å². The van der Waals surface area contributed by atoms with Gasteiger partial charge in [0.05, 0.1) is 0 Å². The minimum Gasteiger partial charge on any atom is -0.319 e. The molecule has 5 aliphatic rings. The van der Waals surface area contributed by atoms with Gasteiger partial charge in [0, 0.05) is 18.3 Å². The zero-order valence-electron chi connectivity index (χ0n) is 14.1. The Labute approximate surface area is 138 Å². The normalized spacial score (nSPS) is 57.4. The molecule has 4 saturated heterocycles. The predicted octanol–water partition coefficient (Wildman–Crippen LogP) is 3.09. The summed E-state index contributed by atoms with van der Waals surface area (Å²) in [5, 5.41) is 0. The Morgan fingerprint density at radius 1 is 1.00 bits per heavy atom. The Kier molecular flexibility index (Phi) is 3.44. The molecule has 24 heavy (non-hydrogen) atoms. The lowest BCUT2D eigenvalue weighted by molar-refractivity contribution is -0.583. The van der Waals surface area contributed by atoms with E-state index in [-0.39, 0.29) is 5.92 Å². The van der Waals surface area contributed by atoms with Crippen molar-refractivity contribution in [3.63, 3.8) is 0 Å². The number of rotatable bonds is 0. The monoisotopic (exact) mass is 351 g/mol. The van der Waals surface area contributed by atoms with Gasteiger partial charge in [-0.15, -0.1) is 0 Å². The molecule has 0 aromatic carbocycles. The topological polar surface area (TPSA) is 62.9 Å². The number of hydrogen-bond donors (Lipinski definition) is 1. The molecule has 5 nitrogen and oxygen atoms in total. The van der Waals surface area contributed by atoms with Crippen molar-refractivity contribution in [3.8, 4) is 0 Å². The van der Waals surface area contributed by atoms with Gasteiger partial charge in [-0.05, 0) is 38.0 Å². The van der Waals surface area contributed by atoms with Crippen molar-refractivity contribution in [2.24, 2.45) is 29.4 Å². The molecule has 8 atom stereocenters. The molecule has 1 spiro atoms. The second-order valence-electron chi connectivity index (χ2n) is 8.11. The summed E-state index contributed by atoms with van der Waals surface area (Å²) in [5.74, 6) is -2.19. The fraction of sp³-hybridized carbons (Fsp3) is 1.00. The van der Waals surface area contributed by atoms with Crippen molar-refractivity contribution in [1.29, 1.82) is 0 Å². The predicted molar refractivity (Wildman–Crippen MR) is 76.0 cm³/mol. The van der Waals surface area contributed by atoms with Crippen molar-refractivity contribution in [2.75, 3.05) is 0 Å². The maximum absolute atomic E-state index is 13.7. The van der Waals surface area contributed by atoms with E-state index in [4.69, 9.17) is 25.0 Å². The van der Waals surface area contributed by atoms with Crippen molar-refractivity contribution in [3.05, 3.63) is 0 Å². The van der Waals surface area contributed by atoms with E-state index < -0.39 is 41.4 Å². The molecular formula is C16H24F3NO4. The molecule has 0 aromatic rings. The number of ether oxygens (including phenoxy) is 2. The largest absolute Gasteiger partial charge is 0.431 e. The Hall–Kier alpha value is -0.410. The van der Waals surface area contributed by atoms with Crippen LogP contribution in [-0.4, -0.2) is 29.6 Å². The van der Waals surface area contributed by atoms with Gasteiger partial charge in [0.25, 0.3) is 0 Å². The van der Waals surface area contributed by atoms with Crippen LogP contribution < -0.4 is 5.73 Å². The minimum atomic E-state index is -4.69. The van der Waals surface area contributed by atoms with Gasteiger partial charge in [-0.1, -0.05) is 13.8 Å². The summed E-state index contributed by atoms with van der Waals surface area (Å²) >= 11 is 0. The summed E-state index contributed by atoms with van der Waals surface area (Å²) in [5.41, 5.74) is 1.98. The summed E-state index contributed by atoms with van der Waals surface area (Å²) in [7, 11) is 0. The number of fused-ring (bicyclic) bond motifs is 2. The first-order chi connectivity index (χ1) is 11.0. The fourth-order valence-corrected chi connectivity index (χ4v) is 5.29. The van der Waals surface area contributed by atoms with E-state index in [1.807, 2.05) is 0 Å². The molecule has 0 unspecified atom stereocenters. The molecule has 4 heterocycles. The van der Waals surface area contributed by atoms with Crippen molar-refractivity contribution >= 4 is 0 Å². The van der Waals surface area contributed by atoms with Crippen LogP contribution in [0.3, 0.4) is 0 Å². The molecule has 5 fully saturated rings. The maximum Gasteiger partial charge on any atom is 0.431 e. The van der Waals surface area contributed by atoms with E-state index in [2.05, 4.69) is 6.92 Å².